The summed E-state index contributed by atoms with van der Waals surface area (Å²) in [5.41, 5.74) is 0.595. The van der Waals surface area contributed by atoms with Crippen molar-refractivity contribution in [1.82, 2.24) is 0 Å². The molecule has 17 heavy (non-hydrogen) atoms. The molecular weight excluding hydrogens is 242 g/mol. The number of hydrogen-bond donors (Lipinski definition) is 2. The Balaban J connectivity index is 2.51. The van der Waals surface area contributed by atoms with Crippen LogP contribution in [0.3, 0.4) is 0 Å². The monoisotopic (exact) mass is 255 g/mol. The molecule has 0 aliphatic rings. The van der Waals surface area contributed by atoms with E-state index >= 15 is 0 Å². The number of nitrogens with one attached hydrogen (secondary N) is 1. The zero-order valence-corrected chi connectivity index (χ0v) is 10.1. The van der Waals surface area contributed by atoms with Crippen molar-refractivity contribution in [2.24, 2.45) is 0 Å². The van der Waals surface area contributed by atoms with Crippen molar-refractivity contribution in [3.05, 3.63) is 30.3 Å². The molecule has 92 valence electrons. The topological polar surface area (TPSA) is 83.5 Å². The zero-order chi connectivity index (χ0) is 12.8. The van der Waals surface area contributed by atoms with Crippen LogP contribution < -0.4 is 5.32 Å². The Morgan fingerprint density at radius 3 is 2.47 bits per heavy atom. The number of carbonyl (C=O) groups is 2. The van der Waals surface area contributed by atoms with E-state index in [1.165, 1.54) is 6.92 Å². The van der Waals surface area contributed by atoms with E-state index in [0.717, 1.165) is 0 Å². The number of carboxylic acids is 1. The van der Waals surface area contributed by atoms with E-state index in [-0.39, 0.29) is 5.75 Å². The predicted octanol–water partition coefficient (Wildman–Crippen LogP) is 0.847. The highest BCUT2D eigenvalue weighted by molar-refractivity contribution is 7.87. The third-order valence-electron chi connectivity index (χ3n) is 2.07. The molecule has 0 fully saturated rings. The Morgan fingerprint density at radius 1 is 1.35 bits per heavy atom. The van der Waals surface area contributed by atoms with E-state index < -0.39 is 27.9 Å². The first-order valence-electron chi connectivity index (χ1n) is 4.95. The van der Waals surface area contributed by atoms with Crippen molar-refractivity contribution >= 4 is 28.4 Å². The Labute approximate surface area is 101 Å². The van der Waals surface area contributed by atoms with Gasteiger partial charge in [0.15, 0.2) is 0 Å². The maximum Gasteiger partial charge on any atom is 0.318 e. The summed E-state index contributed by atoms with van der Waals surface area (Å²) in [5.74, 6) is -1.94. The zero-order valence-electron chi connectivity index (χ0n) is 9.25. The number of para-hydroxylation sites is 1. The lowest BCUT2D eigenvalue weighted by atomic mass is 10.3. The summed E-state index contributed by atoms with van der Waals surface area (Å²) in [6.45, 7) is 1.31. The van der Waals surface area contributed by atoms with Gasteiger partial charge in [-0.3, -0.25) is 13.8 Å². The van der Waals surface area contributed by atoms with Crippen molar-refractivity contribution in [3.63, 3.8) is 0 Å². The summed E-state index contributed by atoms with van der Waals surface area (Å²) in [7, 11) is -1.71. The largest absolute Gasteiger partial charge is 0.480 e. The lowest BCUT2D eigenvalue weighted by Gasteiger charge is -2.07. The van der Waals surface area contributed by atoms with Gasteiger partial charge in [-0.25, -0.2) is 0 Å². The molecule has 0 bridgehead atoms. The van der Waals surface area contributed by atoms with Gasteiger partial charge in [-0.2, -0.15) is 0 Å². The lowest BCUT2D eigenvalue weighted by Crippen LogP contribution is -2.29. The summed E-state index contributed by atoms with van der Waals surface area (Å²) >= 11 is 0. The summed E-state index contributed by atoms with van der Waals surface area (Å²) in [6, 6.07) is 8.71. The number of anilines is 1. The summed E-state index contributed by atoms with van der Waals surface area (Å²) in [5, 5.41) is 10.1. The molecule has 0 aliphatic carbocycles. The average Bonchev–Trinajstić information content (AvgIpc) is 2.28. The van der Waals surface area contributed by atoms with E-state index in [1.807, 2.05) is 0 Å². The van der Waals surface area contributed by atoms with Gasteiger partial charge in [0.05, 0.1) is 0 Å². The third kappa shape index (κ3) is 4.36. The van der Waals surface area contributed by atoms with Gasteiger partial charge in [0.25, 0.3) is 0 Å². The standard InChI is InChI=1S/C11H13NO4S/c1-8(11(14)15)17(16)7-10(13)12-9-5-3-2-4-6-9/h2-6,8H,7H2,1H3,(H,12,13)(H,14,15). The summed E-state index contributed by atoms with van der Waals surface area (Å²) in [4.78, 5) is 22.0. The highest BCUT2D eigenvalue weighted by Crippen LogP contribution is 2.05. The average molecular weight is 255 g/mol. The second kappa shape index (κ2) is 6.15. The van der Waals surface area contributed by atoms with Crippen LogP contribution in [0.15, 0.2) is 30.3 Å². The van der Waals surface area contributed by atoms with Gasteiger partial charge >= 0.3 is 5.97 Å². The van der Waals surface area contributed by atoms with Gasteiger partial charge in [0, 0.05) is 16.5 Å². The molecule has 5 nitrogen and oxygen atoms in total. The molecule has 0 saturated heterocycles. The van der Waals surface area contributed by atoms with Crippen LogP contribution >= 0.6 is 0 Å². The fourth-order valence-electron chi connectivity index (χ4n) is 1.09. The van der Waals surface area contributed by atoms with E-state index in [9.17, 15) is 13.8 Å². The Kier molecular flexibility index (Phi) is 4.84. The normalized spacial score (nSPS) is 13.7. The fourth-order valence-corrected chi connectivity index (χ4v) is 1.89. The van der Waals surface area contributed by atoms with E-state index in [2.05, 4.69) is 5.32 Å². The Bertz CT molecular complexity index is 432. The SMILES string of the molecule is CC(C(=O)O)S(=O)CC(=O)Nc1ccccc1. The van der Waals surface area contributed by atoms with Crippen LogP contribution in [0, 0.1) is 0 Å². The summed E-state index contributed by atoms with van der Waals surface area (Å²) < 4.78 is 11.5. The first-order valence-corrected chi connectivity index (χ1v) is 6.34. The van der Waals surface area contributed by atoms with Gasteiger partial charge in [-0.1, -0.05) is 18.2 Å². The first-order chi connectivity index (χ1) is 8.00. The van der Waals surface area contributed by atoms with Crippen molar-refractivity contribution in [1.29, 1.82) is 0 Å². The van der Waals surface area contributed by atoms with Crippen LogP contribution in [0.1, 0.15) is 6.92 Å². The third-order valence-corrected chi connectivity index (χ3v) is 3.61. The van der Waals surface area contributed by atoms with Gasteiger partial charge in [0.1, 0.15) is 11.0 Å². The first kappa shape index (κ1) is 13.4. The predicted molar refractivity (Wildman–Crippen MR) is 65.2 cm³/mol. The van der Waals surface area contributed by atoms with Crippen LogP contribution in [-0.2, 0) is 20.4 Å². The van der Waals surface area contributed by atoms with E-state index in [4.69, 9.17) is 5.11 Å². The molecule has 0 radical (unpaired) electrons. The molecule has 6 heteroatoms. The van der Waals surface area contributed by atoms with Crippen molar-refractivity contribution in [2.45, 2.75) is 12.2 Å². The summed E-state index contributed by atoms with van der Waals surface area (Å²) in [6.07, 6.45) is 0. The number of aliphatic carboxylic acids is 1. The number of carboxylic acid groups (broad SMARTS) is 1. The van der Waals surface area contributed by atoms with Crippen molar-refractivity contribution < 1.29 is 18.9 Å². The molecule has 0 aliphatic heterocycles. The number of carbonyl (C=O) groups excluding carboxylic acids is 1. The molecule has 0 aromatic heterocycles. The molecule has 2 N–H and O–H groups in total. The Hall–Kier alpha value is -1.69. The van der Waals surface area contributed by atoms with E-state index in [0.29, 0.717) is 5.69 Å². The molecule has 2 unspecified atom stereocenters. The molecule has 1 amide bonds. The van der Waals surface area contributed by atoms with Gasteiger partial charge in [-0.15, -0.1) is 0 Å². The number of amides is 1. The molecule has 2 atom stereocenters. The minimum Gasteiger partial charge on any atom is -0.480 e. The molecule has 1 rings (SSSR count). The van der Waals surface area contributed by atoms with Crippen LogP contribution in [0.2, 0.25) is 0 Å². The quantitative estimate of drug-likeness (QED) is 0.817. The van der Waals surface area contributed by atoms with Crippen LogP contribution in [0.4, 0.5) is 5.69 Å². The van der Waals surface area contributed by atoms with Crippen molar-refractivity contribution in [3.8, 4) is 0 Å². The molecule has 0 spiro atoms. The lowest BCUT2D eigenvalue weighted by molar-refractivity contribution is -0.136. The molecule has 0 heterocycles. The van der Waals surface area contributed by atoms with Crippen LogP contribution in [-0.4, -0.2) is 32.2 Å². The maximum absolute atomic E-state index is 11.5. The van der Waals surface area contributed by atoms with Crippen LogP contribution in [0.5, 0.6) is 0 Å². The minimum atomic E-state index is -1.71. The number of hydrogen-bond acceptors (Lipinski definition) is 3. The maximum atomic E-state index is 11.5. The van der Waals surface area contributed by atoms with Gasteiger partial charge in [-0.05, 0) is 19.1 Å². The number of rotatable bonds is 5. The Morgan fingerprint density at radius 2 is 1.94 bits per heavy atom. The smallest absolute Gasteiger partial charge is 0.318 e. The molecule has 1 aromatic carbocycles. The molecule has 1 aromatic rings. The highest BCUT2D eigenvalue weighted by Gasteiger charge is 2.21. The second-order valence-corrected chi connectivity index (χ2v) is 5.18. The minimum absolute atomic E-state index is 0.317. The molecular formula is C11H13NO4S. The second-order valence-electron chi connectivity index (χ2n) is 3.42. The van der Waals surface area contributed by atoms with Crippen LogP contribution in [0.25, 0.3) is 0 Å². The fraction of sp³-hybridized carbons (Fsp3) is 0.273. The number of benzene rings is 1. The van der Waals surface area contributed by atoms with Gasteiger partial charge in [0.2, 0.25) is 5.91 Å². The molecule has 0 saturated carbocycles. The van der Waals surface area contributed by atoms with E-state index in [1.54, 1.807) is 30.3 Å². The van der Waals surface area contributed by atoms with Crippen molar-refractivity contribution in [2.75, 3.05) is 11.1 Å². The van der Waals surface area contributed by atoms with Gasteiger partial charge < -0.3 is 10.4 Å². The highest BCUT2D eigenvalue weighted by atomic mass is 32.2.